The van der Waals surface area contributed by atoms with Crippen molar-refractivity contribution in [1.82, 2.24) is 10.6 Å². The van der Waals surface area contributed by atoms with E-state index in [1.165, 1.54) is 0 Å². The van der Waals surface area contributed by atoms with E-state index in [1.54, 1.807) is 11.8 Å². The first-order valence-corrected chi connectivity index (χ1v) is 6.47. The molecule has 0 aromatic rings. The zero-order valence-corrected chi connectivity index (χ0v) is 11.2. The molecular formula is C10H21ClN2OS. The van der Waals surface area contributed by atoms with Gasteiger partial charge in [0.05, 0.1) is 5.25 Å². The third kappa shape index (κ3) is 4.62. The molecule has 1 rings (SSSR count). The number of rotatable bonds is 3. The summed E-state index contributed by atoms with van der Waals surface area (Å²) in [6.07, 6.45) is 3.12. The van der Waals surface area contributed by atoms with Crippen molar-refractivity contribution in [3.05, 3.63) is 0 Å². The van der Waals surface area contributed by atoms with Crippen LogP contribution in [-0.4, -0.2) is 36.5 Å². The summed E-state index contributed by atoms with van der Waals surface area (Å²) in [6.45, 7) is 6.14. The van der Waals surface area contributed by atoms with Crippen molar-refractivity contribution in [2.45, 2.75) is 31.6 Å². The average Bonchev–Trinajstić information content (AvgIpc) is 2.20. The number of piperidine rings is 1. The van der Waals surface area contributed by atoms with Crippen molar-refractivity contribution in [2.75, 3.05) is 19.3 Å². The maximum absolute atomic E-state index is 11.6. The first kappa shape index (κ1) is 15.1. The fraction of sp³-hybridized carbons (Fsp3) is 0.900. The molecule has 3 unspecified atom stereocenters. The molecule has 0 radical (unpaired) electrons. The lowest BCUT2D eigenvalue weighted by Crippen LogP contribution is -2.51. The van der Waals surface area contributed by atoms with Gasteiger partial charge in [-0.2, -0.15) is 11.8 Å². The van der Waals surface area contributed by atoms with Crippen LogP contribution in [0.15, 0.2) is 0 Å². The van der Waals surface area contributed by atoms with E-state index in [4.69, 9.17) is 0 Å². The molecule has 3 atom stereocenters. The number of halogens is 1. The molecule has 15 heavy (non-hydrogen) atoms. The Kier molecular flexibility index (Phi) is 7.40. The van der Waals surface area contributed by atoms with Crippen LogP contribution in [0.2, 0.25) is 0 Å². The van der Waals surface area contributed by atoms with Gasteiger partial charge in [0.15, 0.2) is 0 Å². The molecule has 0 spiro atoms. The van der Waals surface area contributed by atoms with Crippen LogP contribution in [0, 0.1) is 5.92 Å². The van der Waals surface area contributed by atoms with E-state index in [0.29, 0.717) is 12.0 Å². The molecule has 0 bridgehead atoms. The lowest BCUT2D eigenvalue weighted by Gasteiger charge is -2.30. The van der Waals surface area contributed by atoms with Gasteiger partial charge in [-0.3, -0.25) is 4.79 Å². The molecule has 0 saturated carbocycles. The predicted octanol–water partition coefficient (Wildman–Crippen LogP) is 1.27. The summed E-state index contributed by atoms with van der Waals surface area (Å²) in [4.78, 5) is 11.6. The topological polar surface area (TPSA) is 41.1 Å². The maximum atomic E-state index is 11.6. The van der Waals surface area contributed by atoms with Gasteiger partial charge in [-0.05, 0) is 32.1 Å². The Hall–Kier alpha value is 0.0700. The second kappa shape index (κ2) is 7.36. The number of carbonyl (C=O) groups is 1. The Labute approximate surface area is 103 Å². The zero-order valence-electron chi connectivity index (χ0n) is 9.58. The number of carbonyl (C=O) groups excluding carboxylic acids is 1. The van der Waals surface area contributed by atoms with E-state index < -0.39 is 0 Å². The standard InChI is InChI=1S/C10H20N2OS.ClH/c1-7-4-5-11-6-9(7)12-10(13)8(2)14-3;/h7-9,11H,4-6H2,1-3H3,(H,12,13);1H. The molecule has 1 aliphatic rings. The summed E-state index contributed by atoms with van der Waals surface area (Å²) in [5.41, 5.74) is 0. The minimum atomic E-state index is 0. The van der Waals surface area contributed by atoms with Crippen LogP contribution in [0.4, 0.5) is 0 Å². The third-order valence-electron chi connectivity index (χ3n) is 2.88. The van der Waals surface area contributed by atoms with Crippen molar-refractivity contribution in [3.8, 4) is 0 Å². The normalized spacial score (nSPS) is 27.7. The van der Waals surface area contributed by atoms with Gasteiger partial charge in [-0.25, -0.2) is 0 Å². The quantitative estimate of drug-likeness (QED) is 0.795. The summed E-state index contributed by atoms with van der Waals surface area (Å²) >= 11 is 1.59. The highest BCUT2D eigenvalue weighted by molar-refractivity contribution is 7.99. The monoisotopic (exact) mass is 252 g/mol. The first-order chi connectivity index (χ1) is 6.65. The molecule has 1 heterocycles. The Morgan fingerprint density at radius 3 is 2.80 bits per heavy atom. The van der Waals surface area contributed by atoms with Gasteiger partial charge in [0.2, 0.25) is 5.91 Å². The number of hydrogen-bond acceptors (Lipinski definition) is 3. The van der Waals surface area contributed by atoms with Crippen LogP contribution in [0.3, 0.4) is 0 Å². The van der Waals surface area contributed by atoms with Gasteiger partial charge in [-0.15, -0.1) is 12.4 Å². The van der Waals surface area contributed by atoms with E-state index in [9.17, 15) is 4.79 Å². The third-order valence-corrected chi connectivity index (χ3v) is 3.80. The molecular weight excluding hydrogens is 232 g/mol. The molecule has 90 valence electrons. The second-order valence-corrected chi connectivity index (χ2v) is 5.14. The van der Waals surface area contributed by atoms with Crippen LogP contribution in [0.5, 0.6) is 0 Å². The number of thioether (sulfide) groups is 1. The zero-order chi connectivity index (χ0) is 10.6. The highest BCUT2D eigenvalue weighted by atomic mass is 35.5. The molecule has 1 aliphatic heterocycles. The van der Waals surface area contributed by atoms with Crippen LogP contribution in [0.25, 0.3) is 0 Å². The van der Waals surface area contributed by atoms with E-state index >= 15 is 0 Å². The van der Waals surface area contributed by atoms with Crippen molar-refractivity contribution >= 4 is 30.1 Å². The van der Waals surface area contributed by atoms with Gasteiger partial charge in [0, 0.05) is 12.6 Å². The summed E-state index contributed by atoms with van der Waals surface area (Å²) in [6, 6.07) is 0.311. The van der Waals surface area contributed by atoms with Crippen molar-refractivity contribution in [1.29, 1.82) is 0 Å². The van der Waals surface area contributed by atoms with E-state index in [2.05, 4.69) is 17.6 Å². The summed E-state index contributed by atoms with van der Waals surface area (Å²) in [7, 11) is 0. The van der Waals surface area contributed by atoms with E-state index in [-0.39, 0.29) is 23.6 Å². The van der Waals surface area contributed by atoms with E-state index in [0.717, 1.165) is 19.5 Å². The van der Waals surface area contributed by atoms with Gasteiger partial charge in [-0.1, -0.05) is 6.92 Å². The predicted molar refractivity (Wildman–Crippen MR) is 68.8 cm³/mol. The molecule has 2 N–H and O–H groups in total. The average molecular weight is 253 g/mol. The Balaban J connectivity index is 0.00000196. The minimum absolute atomic E-state index is 0. The van der Waals surface area contributed by atoms with Crippen molar-refractivity contribution in [2.24, 2.45) is 5.92 Å². The molecule has 1 amide bonds. The fourth-order valence-corrected chi connectivity index (χ4v) is 1.87. The highest BCUT2D eigenvalue weighted by Crippen LogP contribution is 2.12. The lowest BCUT2D eigenvalue weighted by molar-refractivity contribution is -0.121. The number of amides is 1. The van der Waals surface area contributed by atoms with Gasteiger partial charge < -0.3 is 10.6 Å². The Morgan fingerprint density at radius 2 is 2.27 bits per heavy atom. The fourth-order valence-electron chi connectivity index (χ4n) is 1.59. The van der Waals surface area contributed by atoms with Crippen LogP contribution >= 0.6 is 24.2 Å². The second-order valence-electron chi connectivity index (χ2n) is 3.96. The van der Waals surface area contributed by atoms with Crippen LogP contribution < -0.4 is 10.6 Å². The minimum Gasteiger partial charge on any atom is -0.351 e. The number of nitrogens with one attached hydrogen (secondary N) is 2. The smallest absolute Gasteiger partial charge is 0.233 e. The number of hydrogen-bond donors (Lipinski definition) is 2. The molecule has 0 aliphatic carbocycles. The Morgan fingerprint density at radius 1 is 1.60 bits per heavy atom. The molecule has 1 fully saturated rings. The van der Waals surface area contributed by atoms with Crippen LogP contribution in [0.1, 0.15) is 20.3 Å². The highest BCUT2D eigenvalue weighted by Gasteiger charge is 2.24. The SMILES string of the molecule is CSC(C)C(=O)NC1CNCCC1C.Cl. The van der Waals surface area contributed by atoms with Crippen LogP contribution in [-0.2, 0) is 4.79 Å². The Bertz CT molecular complexity index is 204. The van der Waals surface area contributed by atoms with Gasteiger partial charge in [0.25, 0.3) is 0 Å². The molecule has 3 nitrogen and oxygen atoms in total. The van der Waals surface area contributed by atoms with Crippen molar-refractivity contribution < 1.29 is 4.79 Å². The lowest BCUT2D eigenvalue weighted by atomic mass is 9.95. The summed E-state index contributed by atoms with van der Waals surface area (Å²) < 4.78 is 0. The van der Waals surface area contributed by atoms with E-state index in [1.807, 2.05) is 13.2 Å². The first-order valence-electron chi connectivity index (χ1n) is 5.19. The molecule has 5 heteroatoms. The van der Waals surface area contributed by atoms with Gasteiger partial charge in [0.1, 0.15) is 0 Å². The molecule has 1 saturated heterocycles. The summed E-state index contributed by atoms with van der Waals surface area (Å²) in [5, 5.41) is 6.46. The molecule has 0 aromatic heterocycles. The van der Waals surface area contributed by atoms with Crippen molar-refractivity contribution in [3.63, 3.8) is 0 Å². The largest absolute Gasteiger partial charge is 0.351 e. The summed E-state index contributed by atoms with van der Waals surface area (Å²) in [5.74, 6) is 0.757. The maximum Gasteiger partial charge on any atom is 0.233 e. The molecule has 0 aromatic carbocycles. The van der Waals surface area contributed by atoms with Gasteiger partial charge >= 0.3 is 0 Å².